The van der Waals surface area contributed by atoms with Gasteiger partial charge < -0.3 is 15.4 Å². The Kier molecular flexibility index (Phi) is 5.51. The number of hydrogen-bond donors (Lipinski definition) is 2. The Hall–Kier alpha value is -2.08. The van der Waals surface area contributed by atoms with Crippen molar-refractivity contribution in [3.8, 4) is 5.75 Å². The maximum Gasteiger partial charge on any atom is 0.193 e. The van der Waals surface area contributed by atoms with Crippen molar-refractivity contribution in [2.24, 2.45) is 0 Å². The molecule has 3 rings (SSSR count). The van der Waals surface area contributed by atoms with E-state index in [0.29, 0.717) is 37.7 Å². The van der Waals surface area contributed by atoms with Crippen LogP contribution in [0.3, 0.4) is 0 Å². The Morgan fingerprint density at radius 2 is 1.77 bits per heavy atom. The minimum absolute atomic E-state index is 0.0985. The molecule has 1 heterocycles. The van der Waals surface area contributed by atoms with Crippen molar-refractivity contribution in [1.82, 2.24) is 10.6 Å². The Balaban J connectivity index is 2.11. The lowest BCUT2D eigenvalue weighted by molar-refractivity contribution is 0.102. The highest BCUT2D eigenvalue weighted by Crippen LogP contribution is 2.38. The molecular weight excluding hydrogens is 391 g/mol. The number of ketones is 1. The molecule has 0 radical (unpaired) electrons. The molecule has 2 aromatic carbocycles. The van der Waals surface area contributed by atoms with Crippen LogP contribution in [0, 0.1) is 0 Å². The van der Waals surface area contributed by atoms with Gasteiger partial charge in [0.05, 0.1) is 23.2 Å². The van der Waals surface area contributed by atoms with Gasteiger partial charge in [-0.1, -0.05) is 53.5 Å². The summed E-state index contributed by atoms with van der Waals surface area (Å²) < 4.78 is 5.20. The zero-order valence-corrected chi connectivity index (χ0v) is 16.4. The van der Waals surface area contributed by atoms with Gasteiger partial charge in [0.15, 0.2) is 16.6 Å². The first-order chi connectivity index (χ1) is 12.4. The lowest BCUT2D eigenvalue weighted by Crippen LogP contribution is -2.44. The topological polar surface area (TPSA) is 50.4 Å². The van der Waals surface area contributed by atoms with Crippen molar-refractivity contribution < 1.29 is 9.53 Å². The van der Waals surface area contributed by atoms with Gasteiger partial charge >= 0.3 is 0 Å². The minimum atomic E-state index is -0.475. The Morgan fingerprint density at radius 3 is 2.35 bits per heavy atom. The van der Waals surface area contributed by atoms with E-state index >= 15 is 0 Å². The molecule has 0 aromatic heterocycles. The lowest BCUT2D eigenvalue weighted by atomic mass is 9.89. The summed E-state index contributed by atoms with van der Waals surface area (Å²) in [7, 11) is 1.50. The molecule has 7 heteroatoms. The highest BCUT2D eigenvalue weighted by Gasteiger charge is 2.31. The van der Waals surface area contributed by atoms with Crippen molar-refractivity contribution in [2.45, 2.75) is 13.0 Å². The minimum Gasteiger partial charge on any atom is -0.494 e. The van der Waals surface area contributed by atoms with Gasteiger partial charge in [-0.3, -0.25) is 4.79 Å². The van der Waals surface area contributed by atoms with Gasteiger partial charge in [0.2, 0.25) is 0 Å². The van der Waals surface area contributed by atoms with Gasteiger partial charge in [0.1, 0.15) is 0 Å². The number of Topliss-reactive ketones (excluding diaryl/α,β-unsaturated/α-hetero) is 1. The summed E-state index contributed by atoms with van der Waals surface area (Å²) in [5, 5.41) is 7.32. The van der Waals surface area contributed by atoms with Crippen LogP contribution in [0.15, 0.2) is 53.7 Å². The number of methoxy groups -OCH3 is 1. The Labute approximate surface area is 167 Å². The smallest absolute Gasteiger partial charge is 0.193 e. The summed E-state index contributed by atoms with van der Waals surface area (Å²) in [4.78, 5) is 13.1. The molecule has 0 spiro atoms. The number of benzene rings is 2. The summed E-state index contributed by atoms with van der Waals surface area (Å²) in [6.07, 6.45) is 0. The van der Waals surface area contributed by atoms with Crippen LogP contribution in [0.4, 0.5) is 0 Å². The SMILES string of the molecule is COc1c(Cl)cc(C2NC(=S)NC(C)=C2C(=O)c2ccccc2)cc1Cl. The third-order valence-electron chi connectivity index (χ3n) is 4.11. The van der Waals surface area contributed by atoms with Gasteiger partial charge in [-0.2, -0.15) is 0 Å². The van der Waals surface area contributed by atoms with Crippen molar-refractivity contribution in [2.75, 3.05) is 7.11 Å². The third kappa shape index (κ3) is 3.56. The number of rotatable bonds is 4. The van der Waals surface area contributed by atoms with E-state index in [1.54, 1.807) is 24.3 Å². The average Bonchev–Trinajstić information content (AvgIpc) is 2.61. The molecule has 2 N–H and O–H groups in total. The molecule has 1 aliphatic heterocycles. The van der Waals surface area contributed by atoms with Crippen LogP contribution in [0.25, 0.3) is 0 Å². The highest BCUT2D eigenvalue weighted by atomic mass is 35.5. The van der Waals surface area contributed by atoms with Gasteiger partial charge in [-0.25, -0.2) is 0 Å². The van der Waals surface area contributed by atoms with E-state index in [-0.39, 0.29) is 5.78 Å². The third-order valence-corrected chi connectivity index (χ3v) is 4.89. The molecule has 134 valence electrons. The van der Waals surface area contributed by atoms with Crippen molar-refractivity contribution in [3.05, 3.63) is 74.9 Å². The monoisotopic (exact) mass is 406 g/mol. The van der Waals surface area contributed by atoms with E-state index in [1.165, 1.54) is 7.11 Å². The predicted octanol–water partition coefficient (Wildman–Crippen LogP) is 4.68. The van der Waals surface area contributed by atoms with Gasteiger partial charge in [0, 0.05) is 16.8 Å². The summed E-state index contributed by atoms with van der Waals surface area (Å²) in [6, 6.07) is 12.1. The fourth-order valence-electron chi connectivity index (χ4n) is 2.93. The number of carbonyl (C=O) groups excluding carboxylic acids is 1. The summed E-state index contributed by atoms with van der Waals surface area (Å²) in [5.74, 6) is 0.295. The number of nitrogens with one attached hydrogen (secondary N) is 2. The van der Waals surface area contributed by atoms with Crippen LogP contribution in [0.1, 0.15) is 28.9 Å². The molecule has 26 heavy (non-hydrogen) atoms. The Bertz CT molecular complexity index is 890. The molecule has 4 nitrogen and oxygen atoms in total. The van der Waals surface area contributed by atoms with Crippen LogP contribution in [0.2, 0.25) is 10.0 Å². The number of allylic oxidation sites excluding steroid dienone is 1. The molecule has 0 aliphatic carbocycles. The molecule has 2 aromatic rings. The van der Waals surface area contributed by atoms with Crippen LogP contribution < -0.4 is 15.4 Å². The molecule has 0 fully saturated rings. The first kappa shape index (κ1) is 18.7. The van der Waals surface area contributed by atoms with Crippen LogP contribution in [0.5, 0.6) is 5.75 Å². The first-order valence-electron chi connectivity index (χ1n) is 7.83. The molecular formula is C19H16Cl2N2O2S. The number of thiocarbonyl (C=S) groups is 1. The van der Waals surface area contributed by atoms with E-state index in [2.05, 4.69) is 10.6 Å². The van der Waals surface area contributed by atoms with Crippen LogP contribution in [-0.4, -0.2) is 18.0 Å². The second-order valence-corrected chi connectivity index (χ2v) is 7.01. The molecule has 0 amide bonds. The Morgan fingerprint density at radius 1 is 1.15 bits per heavy atom. The normalized spacial score (nSPS) is 16.8. The first-order valence-corrected chi connectivity index (χ1v) is 8.99. The predicted molar refractivity (Wildman–Crippen MR) is 108 cm³/mol. The van der Waals surface area contributed by atoms with Crippen LogP contribution >= 0.6 is 35.4 Å². The van der Waals surface area contributed by atoms with Crippen molar-refractivity contribution >= 4 is 46.3 Å². The quantitative estimate of drug-likeness (QED) is 0.570. The number of carbonyl (C=O) groups is 1. The molecule has 0 bridgehead atoms. The average molecular weight is 407 g/mol. The van der Waals surface area contributed by atoms with Gasteiger partial charge in [0.25, 0.3) is 0 Å². The molecule has 1 atom stereocenters. The second kappa shape index (κ2) is 7.66. The summed E-state index contributed by atoms with van der Waals surface area (Å²) in [5.41, 5.74) is 2.56. The molecule has 1 unspecified atom stereocenters. The van der Waals surface area contributed by atoms with Gasteiger partial charge in [-0.15, -0.1) is 0 Å². The lowest BCUT2D eigenvalue weighted by Gasteiger charge is -2.30. The fraction of sp³-hybridized carbons (Fsp3) is 0.158. The van der Waals surface area contributed by atoms with E-state index in [0.717, 1.165) is 5.56 Å². The second-order valence-electron chi connectivity index (χ2n) is 5.78. The zero-order valence-electron chi connectivity index (χ0n) is 14.1. The number of halogens is 2. The molecule has 1 aliphatic rings. The van der Waals surface area contributed by atoms with E-state index in [1.807, 2.05) is 25.1 Å². The number of ether oxygens (including phenoxy) is 1. The van der Waals surface area contributed by atoms with Crippen LogP contribution in [-0.2, 0) is 0 Å². The maximum atomic E-state index is 13.1. The zero-order chi connectivity index (χ0) is 18.8. The van der Waals surface area contributed by atoms with E-state index in [9.17, 15) is 4.79 Å². The van der Waals surface area contributed by atoms with E-state index in [4.69, 9.17) is 40.2 Å². The highest BCUT2D eigenvalue weighted by molar-refractivity contribution is 7.80. The van der Waals surface area contributed by atoms with E-state index < -0.39 is 6.04 Å². The summed E-state index contributed by atoms with van der Waals surface area (Å²) in [6.45, 7) is 1.82. The van der Waals surface area contributed by atoms with Crippen molar-refractivity contribution in [3.63, 3.8) is 0 Å². The molecule has 0 saturated carbocycles. The van der Waals surface area contributed by atoms with Crippen molar-refractivity contribution in [1.29, 1.82) is 0 Å². The standard InChI is InChI=1S/C19H16Cl2N2O2S/c1-10-15(17(24)11-6-4-3-5-7-11)16(23-19(26)22-10)12-8-13(20)18(25-2)14(21)9-12/h3-9,16H,1-2H3,(H2,22,23,26). The molecule has 0 saturated heterocycles. The number of hydrogen-bond acceptors (Lipinski definition) is 3. The fourth-order valence-corrected chi connectivity index (χ4v) is 3.86. The summed E-state index contributed by atoms with van der Waals surface area (Å²) >= 11 is 17.8. The van der Waals surface area contributed by atoms with Gasteiger partial charge in [-0.05, 0) is 36.8 Å². The maximum absolute atomic E-state index is 13.1. The largest absolute Gasteiger partial charge is 0.494 e.